The van der Waals surface area contributed by atoms with Crippen molar-refractivity contribution < 1.29 is 15.3 Å². The average molecular weight is 949 g/mol. The largest absolute Gasteiger partial charge is 0.508 e. The summed E-state index contributed by atoms with van der Waals surface area (Å²) in [6.07, 6.45) is 3.05. The molecule has 11 aromatic carbocycles. The minimum atomic E-state index is -0.419. The highest BCUT2D eigenvalue weighted by molar-refractivity contribution is 5.96. The van der Waals surface area contributed by atoms with E-state index in [0.717, 1.165) is 86.9 Å². The summed E-state index contributed by atoms with van der Waals surface area (Å²) < 4.78 is 0. The quantitative estimate of drug-likeness (QED) is 0.140. The van der Waals surface area contributed by atoms with Crippen molar-refractivity contribution >= 4 is 0 Å². The summed E-state index contributed by atoms with van der Waals surface area (Å²) in [6.45, 7) is 0. The van der Waals surface area contributed by atoms with Gasteiger partial charge in [0.05, 0.1) is 0 Å². The van der Waals surface area contributed by atoms with E-state index in [0.29, 0.717) is 0 Å². The van der Waals surface area contributed by atoms with Crippen molar-refractivity contribution in [2.24, 2.45) is 0 Å². The Morgan fingerprint density at radius 2 is 0.473 bits per heavy atom. The summed E-state index contributed by atoms with van der Waals surface area (Å²) in [5.41, 5.74) is 29.7. The number of phenols is 3. The van der Waals surface area contributed by atoms with Crippen LogP contribution in [0.4, 0.5) is 0 Å². The van der Waals surface area contributed by atoms with Gasteiger partial charge < -0.3 is 15.3 Å². The molecule has 11 aromatic rings. The van der Waals surface area contributed by atoms with Crippen molar-refractivity contribution in [2.45, 2.75) is 31.6 Å². The van der Waals surface area contributed by atoms with Gasteiger partial charge in [-0.3, -0.25) is 0 Å². The first kappa shape index (κ1) is 42.5. The Morgan fingerprint density at radius 1 is 0.230 bits per heavy atom. The SMILES string of the molecule is Oc1ccc(C(c2cc(-c3cccc4c3Cc3ccccc3-4)c(O)c(-c3cccc4c3Cc3ccccc3-4)c2)c2cc(-c3cccc4c3Cc3ccccc3-4)c(O)c(-c3cccc4c3Cc3ccccc3-4)c2)cc1. The van der Waals surface area contributed by atoms with E-state index >= 15 is 0 Å². The third-order valence-corrected chi connectivity index (χ3v) is 16.7. The van der Waals surface area contributed by atoms with Crippen LogP contribution in [0.3, 0.4) is 0 Å². The summed E-state index contributed by atoms with van der Waals surface area (Å²) in [5, 5.41) is 37.2. The second kappa shape index (κ2) is 16.4. The number of phenolic OH excluding ortho intramolecular Hbond substituents is 3. The Morgan fingerprint density at radius 3 is 0.757 bits per heavy atom. The van der Waals surface area contributed by atoms with Crippen LogP contribution in [-0.2, 0) is 25.7 Å². The maximum atomic E-state index is 13.2. The van der Waals surface area contributed by atoms with Crippen molar-refractivity contribution in [2.75, 3.05) is 0 Å². The number of hydrogen-bond acceptors (Lipinski definition) is 3. The van der Waals surface area contributed by atoms with Gasteiger partial charge in [0.1, 0.15) is 17.2 Å². The van der Waals surface area contributed by atoms with E-state index in [4.69, 9.17) is 0 Å². The van der Waals surface area contributed by atoms with Gasteiger partial charge in [-0.1, -0.05) is 182 Å². The lowest BCUT2D eigenvalue weighted by Crippen LogP contribution is -2.07. The maximum Gasteiger partial charge on any atom is 0.131 e. The molecule has 350 valence electrons. The Balaban J connectivity index is 1.01. The van der Waals surface area contributed by atoms with Crippen LogP contribution in [0.15, 0.2) is 218 Å². The summed E-state index contributed by atoms with van der Waals surface area (Å²) in [6, 6.07) is 77.1. The van der Waals surface area contributed by atoms with Crippen LogP contribution in [-0.4, -0.2) is 15.3 Å². The molecule has 0 saturated heterocycles. The average Bonchev–Trinajstić information content (AvgIpc) is 4.23. The monoisotopic (exact) mass is 948 g/mol. The topological polar surface area (TPSA) is 60.7 Å². The molecule has 3 N–H and O–H groups in total. The highest BCUT2D eigenvalue weighted by atomic mass is 16.3. The fourth-order valence-electron chi connectivity index (χ4n) is 13.4. The molecule has 0 bridgehead atoms. The molecule has 0 aliphatic heterocycles. The van der Waals surface area contributed by atoms with Crippen molar-refractivity contribution in [1.82, 2.24) is 0 Å². The number of hydrogen-bond donors (Lipinski definition) is 3. The van der Waals surface area contributed by atoms with Crippen LogP contribution in [0.1, 0.15) is 67.1 Å². The molecule has 0 atom stereocenters. The van der Waals surface area contributed by atoms with Crippen LogP contribution in [0, 0.1) is 0 Å². The first-order chi connectivity index (χ1) is 36.4. The molecule has 0 radical (unpaired) electrons. The second-order valence-corrected chi connectivity index (χ2v) is 20.6. The molecule has 0 amide bonds. The highest BCUT2D eigenvalue weighted by Crippen LogP contribution is 2.54. The second-order valence-electron chi connectivity index (χ2n) is 20.6. The van der Waals surface area contributed by atoms with Crippen molar-refractivity contribution in [1.29, 1.82) is 0 Å². The predicted molar refractivity (Wildman–Crippen MR) is 300 cm³/mol. The Labute approximate surface area is 430 Å². The van der Waals surface area contributed by atoms with Gasteiger partial charge in [-0.15, -0.1) is 0 Å². The van der Waals surface area contributed by atoms with E-state index in [-0.39, 0.29) is 17.2 Å². The summed E-state index contributed by atoms with van der Waals surface area (Å²) in [4.78, 5) is 0. The van der Waals surface area contributed by atoms with Gasteiger partial charge in [0, 0.05) is 28.2 Å². The number of fused-ring (bicyclic) bond motifs is 12. The van der Waals surface area contributed by atoms with Crippen LogP contribution >= 0.6 is 0 Å². The molecule has 0 aromatic heterocycles. The van der Waals surface area contributed by atoms with Gasteiger partial charge in [-0.25, -0.2) is 0 Å². The molecular formula is C71H48O3. The smallest absolute Gasteiger partial charge is 0.131 e. The molecule has 0 spiro atoms. The maximum absolute atomic E-state index is 13.2. The molecule has 3 heteroatoms. The molecule has 0 unspecified atom stereocenters. The predicted octanol–water partition coefficient (Wildman–Crippen LogP) is 16.9. The molecule has 4 aliphatic rings. The van der Waals surface area contributed by atoms with E-state index in [2.05, 4.69) is 194 Å². The van der Waals surface area contributed by atoms with Gasteiger partial charge in [0.25, 0.3) is 0 Å². The van der Waals surface area contributed by atoms with Gasteiger partial charge in [-0.05, 0) is 190 Å². The van der Waals surface area contributed by atoms with Crippen molar-refractivity contribution in [3.8, 4) is 106 Å². The van der Waals surface area contributed by atoms with Gasteiger partial charge in [0.2, 0.25) is 0 Å². The lowest BCUT2D eigenvalue weighted by molar-refractivity contribution is 0.475. The van der Waals surface area contributed by atoms with Crippen molar-refractivity contribution in [3.05, 3.63) is 280 Å². The van der Waals surface area contributed by atoms with Crippen molar-refractivity contribution in [3.63, 3.8) is 0 Å². The zero-order chi connectivity index (χ0) is 49.2. The van der Waals surface area contributed by atoms with Crippen LogP contribution < -0.4 is 0 Å². The minimum absolute atomic E-state index is 0.185. The summed E-state index contributed by atoms with van der Waals surface area (Å²) >= 11 is 0. The first-order valence-electron chi connectivity index (χ1n) is 25.8. The lowest BCUT2D eigenvalue weighted by Gasteiger charge is -2.26. The van der Waals surface area contributed by atoms with E-state index in [1.165, 1.54) is 89.0 Å². The van der Waals surface area contributed by atoms with Crippen LogP contribution in [0.2, 0.25) is 0 Å². The summed E-state index contributed by atoms with van der Waals surface area (Å²) in [5.74, 6) is 0.262. The minimum Gasteiger partial charge on any atom is -0.508 e. The third kappa shape index (κ3) is 6.46. The molecule has 4 aliphatic carbocycles. The number of rotatable bonds is 7. The van der Waals surface area contributed by atoms with Gasteiger partial charge in [-0.2, -0.15) is 0 Å². The van der Waals surface area contributed by atoms with E-state index in [1.54, 1.807) is 12.1 Å². The van der Waals surface area contributed by atoms with E-state index < -0.39 is 5.92 Å². The molecule has 15 rings (SSSR count). The van der Waals surface area contributed by atoms with Gasteiger partial charge >= 0.3 is 0 Å². The Bertz CT molecular complexity index is 3690. The molecule has 0 fully saturated rings. The van der Waals surface area contributed by atoms with Crippen LogP contribution in [0.5, 0.6) is 17.2 Å². The molecule has 3 nitrogen and oxygen atoms in total. The zero-order valence-corrected chi connectivity index (χ0v) is 40.5. The standard InChI is InChI=1S/C71H48O3/c72-48-31-29-41(30-32-48)69(46-37-65(57-25-9-21-53-49-17-5-1-13-42(49)33-61(53)57)70(73)66(38-46)58-26-10-22-54-50-18-6-2-14-43(50)34-62(54)58)47-39-67(59-27-11-23-55-51-19-7-3-15-44(51)35-63(55)59)71(74)68(40-47)60-28-12-24-56-52-20-8-4-16-45(52)36-64(56)60/h1-32,37-40,69,72-74H,33-36H2. The number of aromatic hydroxyl groups is 3. The molecule has 74 heavy (non-hydrogen) atoms. The first-order valence-corrected chi connectivity index (χ1v) is 25.8. The highest BCUT2D eigenvalue weighted by Gasteiger charge is 2.32. The van der Waals surface area contributed by atoms with E-state index in [9.17, 15) is 15.3 Å². The Hall–Kier alpha value is -9.18. The van der Waals surface area contributed by atoms with Gasteiger partial charge in [0.15, 0.2) is 0 Å². The third-order valence-electron chi connectivity index (χ3n) is 16.7. The number of benzene rings is 11. The lowest BCUT2D eigenvalue weighted by atomic mass is 9.78. The fourth-order valence-corrected chi connectivity index (χ4v) is 13.4. The molecule has 0 heterocycles. The normalized spacial score (nSPS) is 12.9. The molecular weight excluding hydrogens is 901 g/mol. The molecule has 0 saturated carbocycles. The Kier molecular flexibility index (Phi) is 9.43. The fraction of sp³-hybridized carbons (Fsp3) is 0.0704. The van der Waals surface area contributed by atoms with E-state index in [1.807, 2.05) is 12.1 Å². The zero-order valence-electron chi connectivity index (χ0n) is 40.5. The van der Waals surface area contributed by atoms with Crippen LogP contribution in [0.25, 0.3) is 89.0 Å². The summed E-state index contributed by atoms with van der Waals surface area (Å²) in [7, 11) is 0.